The number of Topliss-reactive ketones (excluding diaryl/α,β-unsaturated/α-hetero) is 1. The van der Waals surface area contributed by atoms with Gasteiger partial charge in [-0.15, -0.1) is 0 Å². The Hall–Kier alpha value is -1.26. The van der Waals surface area contributed by atoms with Gasteiger partial charge in [0.1, 0.15) is 5.82 Å². The van der Waals surface area contributed by atoms with E-state index < -0.39 is 5.82 Å². The van der Waals surface area contributed by atoms with Crippen LogP contribution in [0.3, 0.4) is 0 Å². The van der Waals surface area contributed by atoms with Crippen molar-refractivity contribution in [1.29, 1.82) is 0 Å². The van der Waals surface area contributed by atoms with Crippen molar-refractivity contribution in [2.24, 2.45) is 5.92 Å². The number of carbonyl (C=O) groups excluding carboxylic acids is 1. The lowest BCUT2D eigenvalue weighted by Gasteiger charge is -2.32. The Morgan fingerprint density at radius 1 is 1.40 bits per heavy atom. The molecule has 2 rings (SSSR count). The first kappa shape index (κ1) is 15.1. The fourth-order valence-electron chi connectivity index (χ4n) is 2.85. The van der Waals surface area contributed by atoms with Crippen molar-refractivity contribution >= 4 is 5.78 Å². The van der Waals surface area contributed by atoms with Crippen LogP contribution < -0.4 is 0 Å². The molecule has 20 heavy (non-hydrogen) atoms. The Bertz CT molecular complexity index is 448. The van der Waals surface area contributed by atoms with Crippen molar-refractivity contribution in [2.75, 3.05) is 26.2 Å². The van der Waals surface area contributed by atoms with Gasteiger partial charge >= 0.3 is 0 Å². The predicted molar refractivity (Wildman–Crippen MR) is 76.2 cm³/mol. The maximum absolute atomic E-state index is 13.5. The zero-order valence-corrected chi connectivity index (χ0v) is 11.7. The molecule has 0 aliphatic carbocycles. The fourth-order valence-corrected chi connectivity index (χ4v) is 2.85. The molecular formula is C16H22FNO2. The number of ketones is 1. The van der Waals surface area contributed by atoms with E-state index in [0.717, 1.165) is 32.4 Å². The van der Waals surface area contributed by atoms with Gasteiger partial charge in [-0.05, 0) is 43.9 Å². The molecule has 0 aromatic heterocycles. The number of benzene rings is 1. The Kier molecular flexibility index (Phi) is 5.68. The number of hydrogen-bond donors (Lipinski definition) is 1. The van der Waals surface area contributed by atoms with Crippen molar-refractivity contribution in [3.8, 4) is 0 Å². The highest BCUT2D eigenvalue weighted by atomic mass is 19.1. The van der Waals surface area contributed by atoms with Gasteiger partial charge in [-0.1, -0.05) is 12.1 Å². The third-order valence-electron chi connectivity index (χ3n) is 3.97. The lowest BCUT2D eigenvalue weighted by molar-refractivity contribution is 0.0934. The largest absolute Gasteiger partial charge is 0.396 e. The molecule has 0 spiro atoms. The third kappa shape index (κ3) is 4.12. The summed E-state index contributed by atoms with van der Waals surface area (Å²) in [4.78, 5) is 14.3. The average molecular weight is 279 g/mol. The molecule has 1 unspecified atom stereocenters. The summed E-state index contributed by atoms with van der Waals surface area (Å²) in [5.41, 5.74) is 0.191. The normalized spacial score (nSPS) is 20.0. The Morgan fingerprint density at radius 2 is 2.20 bits per heavy atom. The van der Waals surface area contributed by atoms with Gasteiger partial charge in [0.05, 0.1) is 5.56 Å². The van der Waals surface area contributed by atoms with Crippen LogP contribution in [0.4, 0.5) is 4.39 Å². The number of halogens is 1. The van der Waals surface area contributed by atoms with Crippen LogP contribution in [0.25, 0.3) is 0 Å². The molecule has 1 heterocycles. The molecule has 0 radical (unpaired) electrons. The van der Waals surface area contributed by atoms with E-state index in [9.17, 15) is 9.18 Å². The van der Waals surface area contributed by atoms with E-state index >= 15 is 0 Å². The molecule has 1 aromatic carbocycles. The summed E-state index contributed by atoms with van der Waals surface area (Å²) >= 11 is 0. The SMILES string of the molecule is O=C(CCN1CCCC(CCO)C1)c1ccccc1F. The Balaban J connectivity index is 1.83. The summed E-state index contributed by atoms with van der Waals surface area (Å²) in [7, 11) is 0. The van der Waals surface area contributed by atoms with Crippen LogP contribution in [-0.4, -0.2) is 42.0 Å². The second kappa shape index (κ2) is 7.50. The zero-order valence-electron chi connectivity index (χ0n) is 11.7. The van der Waals surface area contributed by atoms with Gasteiger partial charge in [0.2, 0.25) is 0 Å². The summed E-state index contributed by atoms with van der Waals surface area (Å²) in [5.74, 6) is -0.0426. The smallest absolute Gasteiger partial charge is 0.167 e. The lowest BCUT2D eigenvalue weighted by atomic mass is 9.95. The van der Waals surface area contributed by atoms with E-state index in [1.807, 2.05) is 0 Å². The van der Waals surface area contributed by atoms with Gasteiger partial charge < -0.3 is 10.0 Å². The highest BCUT2D eigenvalue weighted by molar-refractivity contribution is 5.96. The number of likely N-dealkylation sites (tertiary alicyclic amines) is 1. The third-order valence-corrected chi connectivity index (χ3v) is 3.97. The molecule has 1 aromatic rings. The van der Waals surface area contributed by atoms with Gasteiger partial charge in [-0.25, -0.2) is 4.39 Å². The first-order valence-electron chi connectivity index (χ1n) is 7.31. The number of hydrogen-bond acceptors (Lipinski definition) is 3. The van der Waals surface area contributed by atoms with E-state index in [-0.39, 0.29) is 18.0 Å². The van der Waals surface area contributed by atoms with Gasteiger partial charge in [-0.3, -0.25) is 4.79 Å². The standard InChI is InChI=1S/C16H22FNO2/c17-15-6-2-1-5-14(15)16(20)7-10-18-9-3-4-13(12-18)8-11-19/h1-2,5-6,13,19H,3-4,7-12H2. The number of aliphatic hydroxyl groups excluding tert-OH is 1. The van der Waals surface area contributed by atoms with Crippen molar-refractivity contribution in [3.05, 3.63) is 35.6 Å². The predicted octanol–water partition coefficient (Wildman–Crippen LogP) is 2.49. The number of nitrogens with zero attached hydrogens (tertiary/aromatic N) is 1. The minimum atomic E-state index is -0.436. The van der Waals surface area contributed by atoms with E-state index in [1.54, 1.807) is 18.2 Å². The summed E-state index contributed by atoms with van der Waals surface area (Å²) in [6, 6.07) is 6.15. The topological polar surface area (TPSA) is 40.5 Å². The molecule has 0 bridgehead atoms. The highest BCUT2D eigenvalue weighted by Crippen LogP contribution is 2.19. The Labute approximate surface area is 119 Å². The average Bonchev–Trinajstić information content (AvgIpc) is 2.46. The molecule has 1 aliphatic rings. The molecule has 1 saturated heterocycles. The number of piperidine rings is 1. The zero-order chi connectivity index (χ0) is 14.4. The summed E-state index contributed by atoms with van der Waals surface area (Å²) in [6.07, 6.45) is 3.45. The molecule has 4 heteroatoms. The second-order valence-electron chi connectivity index (χ2n) is 5.47. The molecule has 1 atom stereocenters. The van der Waals surface area contributed by atoms with Crippen LogP contribution in [0, 0.1) is 11.7 Å². The molecule has 110 valence electrons. The highest BCUT2D eigenvalue weighted by Gasteiger charge is 2.20. The molecule has 1 aliphatic heterocycles. The van der Waals surface area contributed by atoms with Gasteiger partial charge in [0, 0.05) is 26.1 Å². The lowest BCUT2D eigenvalue weighted by Crippen LogP contribution is -2.37. The van der Waals surface area contributed by atoms with E-state index in [0.29, 0.717) is 18.9 Å². The first-order valence-corrected chi connectivity index (χ1v) is 7.31. The number of aliphatic hydroxyl groups is 1. The van der Waals surface area contributed by atoms with Crippen LogP contribution in [0.5, 0.6) is 0 Å². The van der Waals surface area contributed by atoms with Crippen molar-refractivity contribution in [3.63, 3.8) is 0 Å². The quantitative estimate of drug-likeness (QED) is 0.813. The van der Waals surface area contributed by atoms with Crippen molar-refractivity contribution < 1.29 is 14.3 Å². The van der Waals surface area contributed by atoms with Gasteiger partial charge in [0.25, 0.3) is 0 Å². The van der Waals surface area contributed by atoms with Crippen LogP contribution in [0.1, 0.15) is 36.0 Å². The van der Waals surface area contributed by atoms with Crippen LogP contribution in [0.2, 0.25) is 0 Å². The molecular weight excluding hydrogens is 257 g/mol. The van der Waals surface area contributed by atoms with Crippen molar-refractivity contribution in [1.82, 2.24) is 4.90 Å². The van der Waals surface area contributed by atoms with Crippen LogP contribution in [0.15, 0.2) is 24.3 Å². The Morgan fingerprint density at radius 3 is 2.95 bits per heavy atom. The number of carbonyl (C=O) groups is 1. The molecule has 0 amide bonds. The number of rotatable bonds is 6. The van der Waals surface area contributed by atoms with Crippen LogP contribution in [-0.2, 0) is 0 Å². The summed E-state index contributed by atoms with van der Waals surface area (Å²) < 4.78 is 13.5. The van der Waals surface area contributed by atoms with Crippen LogP contribution >= 0.6 is 0 Å². The molecule has 3 nitrogen and oxygen atoms in total. The van der Waals surface area contributed by atoms with E-state index in [1.165, 1.54) is 6.07 Å². The summed E-state index contributed by atoms with van der Waals surface area (Å²) in [5, 5.41) is 8.99. The van der Waals surface area contributed by atoms with Crippen molar-refractivity contribution in [2.45, 2.75) is 25.7 Å². The minimum Gasteiger partial charge on any atom is -0.396 e. The second-order valence-corrected chi connectivity index (χ2v) is 5.47. The summed E-state index contributed by atoms with van der Waals surface area (Å²) in [6.45, 7) is 2.83. The molecule has 1 N–H and O–H groups in total. The maximum Gasteiger partial charge on any atom is 0.167 e. The molecule has 0 saturated carbocycles. The van der Waals surface area contributed by atoms with Gasteiger partial charge in [0.15, 0.2) is 5.78 Å². The minimum absolute atomic E-state index is 0.132. The fraction of sp³-hybridized carbons (Fsp3) is 0.562. The van der Waals surface area contributed by atoms with E-state index in [4.69, 9.17) is 5.11 Å². The van der Waals surface area contributed by atoms with E-state index in [2.05, 4.69) is 4.90 Å². The van der Waals surface area contributed by atoms with Gasteiger partial charge in [-0.2, -0.15) is 0 Å². The maximum atomic E-state index is 13.5. The first-order chi connectivity index (χ1) is 9.70. The monoisotopic (exact) mass is 279 g/mol. The molecule has 1 fully saturated rings.